The first-order valence-corrected chi connectivity index (χ1v) is 14.7. The molecule has 0 amide bonds. The number of aromatic nitrogens is 2. The second-order valence-electron chi connectivity index (χ2n) is 10.7. The monoisotopic (exact) mass is 622 g/mol. The zero-order valence-corrected chi connectivity index (χ0v) is 25.8. The van der Waals surface area contributed by atoms with E-state index in [0.29, 0.717) is 22.4 Å². The first kappa shape index (κ1) is 29.8. The van der Waals surface area contributed by atoms with Crippen molar-refractivity contribution in [3.05, 3.63) is 157 Å². The van der Waals surface area contributed by atoms with Crippen LogP contribution in [-0.2, 0) is 17.9 Å². The molecule has 1 aromatic heterocycles. The Kier molecular flexibility index (Phi) is 8.44. The van der Waals surface area contributed by atoms with Gasteiger partial charge in [0, 0.05) is 22.3 Å². The number of hydrogen-bond acceptors (Lipinski definition) is 7. The normalized spacial score (nSPS) is 14.2. The van der Waals surface area contributed by atoms with E-state index in [2.05, 4.69) is 5.16 Å². The molecule has 4 aromatic carbocycles. The molecule has 0 radical (unpaired) electrons. The van der Waals surface area contributed by atoms with Gasteiger partial charge in [0.15, 0.2) is 5.84 Å². The smallest absolute Gasteiger partial charge is 0.331 e. The fourth-order valence-corrected chi connectivity index (χ4v) is 5.30. The summed E-state index contributed by atoms with van der Waals surface area (Å²) in [5.74, 6) is 1.82. The van der Waals surface area contributed by atoms with E-state index >= 15 is 0 Å². The number of hydrogen-bond donors (Lipinski definition) is 0. The van der Waals surface area contributed by atoms with E-state index < -0.39 is 17.5 Å². The molecule has 0 spiro atoms. The van der Waals surface area contributed by atoms with Crippen molar-refractivity contribution in [2.75, 3.05) is 19.1 Å². The Morgan fingerprint density at radius 2 is 1.36 bits per heavy atom. The van der Waals surface area contributed by atoms with Gasteiger partial charge in [0.05, 0.1) is 27.3 Å². The Morgan fingerprint density at radius 3 is 1.93 bits per heavy atom. The van der Waals surface area contributed by atoms with Crippen molar-refractivity contribution < 1.29 is 14.3 Å². The summed E-state index contributed by atoms with van der Waals surface area (Å²) in [5.41, 5.74) is 3.49. The quantitative estimate of drug-likeness (QED) is 0.201. The van der Waals surface area contributed by atoms with Gasteiger partial charge in [0.1, 0.15) is 17.2 Å². The molecule has 228 valence electrons. The lowest BCUT2D eigenvalue weighted by Gasteiger charge is -2.26. The van der Waals surface area contributed by atoms with Crippen LogP contribution < -0.4 is 25.6 Å². The minimum absolute atomic E-state index is 0.0510. The van der Waals surface area contributed by atoms with Gasteiger partial charge in [-0.3, -0.25) is 18.8 Å². The molecule has 0 N–H and O–H groups in total. The molecule has 6 rings (SSSR count). The third-order valence-electron chi connectivity index (χ3n) is 7.66. The van der Waals surface area contributed by atoms with Crippen LogP contribution in [-0.4, -0.2) is 29.2 Å². The highest BCUT2D eigenvalue weighted by Crippen LogP contribution is 2.34. The number of anilines is 1. The molecule has 10 heteroatoms. The number of rotatable bonds is 9. The molecule has 5 aromatic rings. The third-order valence-corrected chi connectivity index (χ3v) is 7.91. The van der Waals surface area contributed by atoms with Gasteiger partial charge in [-0.2, -0.15) is 0 Å². The van der Waals surface area contributed by atoms with Gasteiger partial charge in [0.25, 0.3) is 5.56 Å². The van der Waals surface area contributed by atoms with Crippen LogP contribution in [0.25, 0.3) is 0 Å². The summed E-state index contributed by atoms with van der Waals surface area (Å²) in [7, 11) is 3.19. The highest BCUT2D eigenvalue weighted by molar-refractivity contribution is 6.30. The van der Waals surface area contributed by atoms with Gasteiger partial charge in [-0.25, -0.2) is 4.79 Å². The molecule has 0 aliphatic carbocycles. The van der Waals surface area contributed by atoms with Crippen molar-refractivity contribution in [2.24, 2.45) is 5.16 Å². The van der Waals surface area contributed by atoms with E-state index in [1.54, 1.807) is 49.6 Å². The zero-order valence-electron chi connectivity index (χ0n) is 25.0. The van der Waals surface area contributed by atoms with Gasteiger partial charge in [-0.05, 0) is 54.4 Å². The molecule has 1 unspecified atom stereocenters. The van der Waals surface area contributed by atoms with Crippen LogP contribution in [0.4, 0.5) is 5.69 Å². The standard InChI is InChI=1S/C35H31ClN4O5/c1-23-4-10-26(11-5-23)32-37-45-34(27-12-14-28(36)15-13-27)40(32)31-22-38(20-24-6-16-29(43-2)17-7-24)35(42)39(33(31)41)21-25-8-18-30(44-3)19-9-25/h4-19,22,34H,20-21H2,1-3H3. The summed E-state index contributed by atoms with van der Waals surface area (Å²) in [6.45, 7) is 2.27. The number of halogens is 1. The van der Waals surface area contributed by atoms with Gasteiger partial charge < -0.3 is 14.3 Å². The van der Waals surface area contributed by atoms with Crippen LogP contribution in [0.15, 0.2) is 118 Å². The number of aryl methyl sites for hydroxylation is 1. The van der Waals surface area contributed by atoms with Crippen LogP contribution in [0.1, 0.15) is 34.0 Å². The number of ether oxygens (including phenoxy) is 2. The fraction of sp³-hybridized carbons (Fsp3) is 0.171. The topological polar surface area (TPSA) is 87.3 Å². The van der Waals surface area contributed by atoms with E-state index in [4.69, 9.17) is 25.9 Å². The van der Waals surface area contributed by atoms with Crippen molar-refractivity contribution in [3.63, 3.8) is 0 Å². The summed E-state index contributed by atoms with van der Waals surface area (Å²) in [6, 6.07) is 29.7. The second-order valence-corrected chi connectivity index (χ2v) is 11.1. The molecule has 45 heavy (non-hydrogen) atoms. The van der Waals surface area contributed by atoms with Crippen LogP contribution in [0.5, 0.6) is 11.5 Å². The molecule has 2 heterocycles. The Labute approximate surface area is 265 Å². The molecule has 9 nitrogen and oxygen atoms in total. The van der Waals surface area contributed by atoms with E-state index in [1.807, 2.05) is 79.7 Å². The predicted octanol–water partition coefficient (Wildman–Crippen LogP) is 5.98. The predicted molar refractivity (Wildman–Crippen MR) is 175 cm³/mol. The van der Waals surface area contributed by atoms with Gasteiger partial charge in [-0.1, -0.05) is 83.0 Å². The molecular weight excluding hydrogens is 592 g/mol. The number of methoxy groups -OCH3 is 2. The van der Waals surface area contributed by atoms with E-state index in [1.165, 1.54) is 9.13 Å². The first-order valence-electron chi connectivity index (χ1n) is 14.3. The van der Waals surface area contributed by atoms with Gasteiger partial charge in [-0.15, -0.1) is 0 Å². The molecule has 1 aliphatic rings. The number of oxime groups is 1. The molecular formula is C35H31ClN4O5. The number of amidine groups is 1. The average Bonchev–Trinajstić information content (AvgIpc) is 3.50. The van der Waals surface area contributed by atoms with Crippen LogP contribution >= 0.6 is 11.6 Å². The summed E-state index contributed by atoms with van der Waals surface area (Å²) in [5, 5.41) is 5.02. The van der Waals surface area contributed by atoms with Crippen molar-refractivity contribution in [1.29, 1.82) is 0 Å². The Hall–Kier alpha value is -5.28. The van der Waals surface area contributed by atoms with Gasteiger partial charge in [0.2, 0.25) is 6.23 Å². The highest BCUT2D eigenvalue weighted by atomic mass is 35.5. The molecule has 1 atom stereocenters. The first-order chi connectivity index (χ1) is 21.8. The van der Waals surface area contributed by atoms with Crippen LogP contribution in [0.3, 0.4) is 0 Å². The molecule has 0 saturated heterocycles. The largest absolute Gasteiger partial charge is 0.497 e. The zero-order chi connectivity index (χ0) is 31.5. The van der Waals surface area contributed by atoms with E-state index in [-0.39, 0.29) is 18.8 Å². The van der Waals surface area contributed by atoms with Gasteiger partial charge >= 0.3 is 5.69 Å². The van der Waals surface area contributed by atoms with Crippen molar-refractivity contribution in [2.45, 2.75) is 26.2 Å². The average molecular weight is 623 g/mol. The summed E-state index contributed by atoms with van der Waals surface area (Å²) in [4.78, 5) is 36.1. The Morgan fingerprint density at radius 1 is 0.778 bits per heavy atom. The lowest BCUT2D eigenvalue weighted by atomic mass is 10.1. The second kappa shape index (κ2) is 12.8. The van der Waals surface area contributed by atoms with Crippen LogP contribution in [0.2, 0.25) is 5.02 Å². The van der Waals surface area contributed by atoms with Crippen molar-refractivity contribution in [1.82, 2.24) is 9.13 Å². The maximum absolute atomic E-state index is 14.4. The van der Waals surface area contributed by atoms with Crippen molar-refractivity contribution >= 4 is 23.1 Å². The minimum atomic E-state index is -0.785. The summed E-state index contributed by atoms with van der Waals surface area (Å²) >= 11 is 6.20. The maximum atomic E-state index is 14.4. The summed E-state index contributed by atoms with van der Waals surface area (Å²) in [6.07, 6.45) is 0.799. The SMILES string of the molecule is COc1ccc(Cn2cc(N3C(c4ccc(C)cc4)=NOC3c3ccc(Cl)cc3)c(=O)n(Cc3ccc(OC)cc3)c2=O)cc1. The number of benzene rings is 4. The maximum Gasteiger partial charge on any atom is 0.331 e. The minimum Gasteiger partial charge on any atom is -0.497 e. The molecule has 0 fully saturated rings. The van der Waals surface area contributed by atoms with Crippen molar-refractivity contribution in [3.8, 4) is 11.5 Å². The summed E-state index contributed by atoms with van der Waals surface area (Å²) < 4.78 is 13.4. The number of nitrogens with zero attached hydrogens (tertiary/aromatic N) is 4. The van der Waals surface area contributed by atoms with E-state index in [0.717, 1.165) is 27.8 Å². The van der Waals surface area contributed by atoms with E-state index in [9.17, 15) is 9.59 Å². The molecule has 1 aliphatic heterocycles. The Balaban J connectivity index is 1.52. The Bertz CT molecular complexity index is 1950. The highest BCUT2D eigenvalue weighted by Gasteiger charge is 2.36. The lowest BCUT2D eigenvalue weighted by Crippen LogP contribution is -2.45. The molecule has 0 bridgehead atoms. The van der Waals surface area contributed by atoms with Crippen LogP contribution in [0, 0.1) is 6.92 Å². The fourth-order valence-electron chi connectivity index (χ4n) is 5.17. The third kappa shape index (κ3) is 6.21. The molecule has 0 saturated carbocycles. The lowest BCUT2D eigenvalue weighted by molar-refractivity contribution is 0.0866.